The molecule has 1 saturated heterocycles. The van der Waals surface area contributed by atoms with E-state index in [9.17, 15) is 18.3 Å². The zero-order valence-corrected chi connectivity index (χ0v) is 16.5. The predicted molar refractivity (Wildman–Crippen MR) is 105 cm³/mol. The standard InChI is InChI=1S/C20H24N2O5S/c1-27-17-9-7-15(8-10-17)19(23)14-21-20(24)16-5-4-6-18(13-16)28(25,26)22-11-2-3-12-22/h4-10,13,19,23H,2-3,11-12,14H2,1H3,(H,21,24). The Morgan fingerprint density at radius 3 is 2.50 bits per heavy atom. The Balaban J connectivity index is 1.65. The van der Waals surface area contributed by atoms with E-state index in [1.807, 2.05) is 0 Å². The van der Waals surface area contributed by atoms with Crippen LogP contribution in [0.5, 0.6) is 5.75 Å². The minimum Gasteiger partial charge on any atom is -0.497 e. The highest BCUT2D eigenvalue weighted by Crippen LogP contribution is 2.22. The number of sulfonamides is 1. The van der Waals surface area contributed by atoms with Crippen molar-refractivity contribution >= 4 is 15.9 Å². The van der Waals surface area contributed by atoms with Crippen LogP contribution in [0.1, 0.15) is 34.9 Å². The molecule has 2 N–H and O–H groups in total. The summed E-state index contributed by atoms with van der Waals surface area (Å²) < 4.78 is 31.8. The Kier molecular flexibility index (Phi) is 6.33. The van der Waals surface area contributed by atoms with Crippen LogP contribution in [-0.2, 0) is 10.0 Å². The van der Waals surface area contributed by atoms with E-state index < -0.39 is 22.0 Å². The van der Waals surface area contributed by atoms with E-state index in [1.54, 1.807) is 43.5 Å². The third-order valence-electron chi connectivity index (χ3n) is 4.76. The molecule has 8 heteroatoms. The van der Waals surface area contributed by atoms with Crippen molar-refractivity contribution in [1.82, 2.24) is 9.62 Å². The van der Waals surface area contributed by atoms with Gasteiger partial charge in [0.05, 0.1) is 18.1 Å². The molecule has 1 heterocycles. The van der Waals surface area contributed by atoms with Gasteiger partial charge >= 0.3 is 0 Å². The first-order valence-corrected chi connectivity index (χ1v) is 10.6. The fraction of sp³-hybridized carbons (Fsp3) is 0.350. The van der Waals surface area contributed by atoms with Gasteiger partial charge in [-0.05, 0) is 48.7 Å². The number of nitrogens with one attached hydrogen (secondary N) is 1. The van der Waals surface area contributed by atoms with Gasteiger partial charge in [0, 0.05) is 25.2 Å². The smallest absolute Gasteiger partial charge is 0.251 e. The Morgan fingerprint density at radius 2 is 1.86 bits per heavy atom. The molecule has 1 unspecified atom stereocenters. The second-order valence-electron chi connectivity index (χ2n) is 6.64. The average Bonchev–Trinajstić information content (AvgIpc) is 3.27. The second kappa shape index (κ2) is 8.72. The monoisotopic (exact) mass is 404 g/mol. The zero-order valence-electron chi connectivity index (χ0n) is 15.7. The molecule has 0 radical (unpaired) electrons. The van der Waals surface area contributed by atoms with Gasteiger partial charge in [-0.1, -0.05) is 18.2 Å². The molecule has 0 spiro atoms. The molecule has 0 aliphatic carbocycles. The number of ether oxygens (including phenoxy) is 1. The third-order valence-corrected chi connectivity index (χ3v) is 6.65. The number of nitrogens with zero attached hydrogens (tertiary/aromatic N) is 1. The van der Waals surface area contributed by atoms with E-state index in [1.165, 1.54) is 16.4 Å². The lowest BCUT2D eigenvalue weighted by Gasteiger charge is -2.16. The molecule has 7 nitrogen and oxygen atoms in total. The van der Waals surface area contributed by atoms with Gasteiger partial charge in [0.25, 0.3) is 5.91 Å². The number of hydrogen-bond donors (Lipinski definition) is 2. The van der Waals surface area contributed by atoms with Gasteiger partial charge in [-0.2, -0.15) is 4.31 Å². The number of methoxy groups -OCH3 is 1. The van der Waals surface area contributed by atoms with Crippen LogP contribution in [0.2, 0.25) is 0 Å². The van der Waals surface area contributed by atoms with Crippen LogP contribution in [0.4, 0.5) is 0 Å². The van der Waals surface area contributed by atoms with E-state index >= 15 is 0 Å². The molecule has 1 aliphatic heterocycles. The Bertz CT molecular complexity index is 922. The highest BCUT2D eigenvalue weighted by Gasteiger charge is 2.27. The minimum absolute atomic E-state index is 0.00820. The molecule has 3 rings (SSSR count). The number of amides is 1. The number of aliphatic hydroxyl groups is 1. The van der Waals surface area contributed by atoms with Crippen molar-refractivity contribution in [3.05, 3.63) is 59.7 Å². The number of rotatable bonds is 7. The van der Waals surface area contributed by atoms with Crippen molar-refractivity contribution in [2.45, 2.75) is 23.8 Å². The van der Waals surface area contributed by atoms with Gasteiger partial charge in [0.2, 0.25) is 10.0 Å². The molecule has 1 fully saturated rings. The molecule has 1 aliphatic rings. The number of aliphatic hydroxyl groups excluding tert-OH is 1. The van der Waals surface area contributed by atoms with Crippen molar-refractivity contribution in [1.29, 1.82) is 0 Å². The van der Waals surface area contributed by atoms with Crippen molar-refractivity contribution < 1.29 is 23.1 Å². The number of carbonyl (C=O) groups is 1. The van der Waals surface area contributed by atoms with Crippen molar-refractivity contribution in [3.8, 4) is 5.75 Å². The van der Waals surface area contributed by atoms with Crippen molar-refractivity contribution in [2.24, 2.45) is 0 Å². The molecule has 1 atom stereocenters. The molecule has 1 amide bonds. The lowest BCUT2D eigenvalue weighted by molar-refractivity contribution is 0.0916. The van der Waals surface area contributed by atoms with Crippen molar-refractivity contribution in [2.75, 3.05) is 26.7 Å². The van der Waals surface area contributed by atoms with E-state index in [0.29, 0.717) is 24.4 Å². The van der Waals surface area contributed by atoms with Gasteiger partial charge in [0.15, 0.2) is 0 Å². The molecule has 0 saturated carbocycles. The lowest BCUT2D eigenvalue weighted by Crippen LogP contribution is -2.30. The van der Waals surface area contributed by atoms with Crippen LogP contribution in [-0.4, -0.2) is 50.5 Å². The molecular formula is C20H24N2O5S. The predicted octanol–water partition coefficient (Wildman–Crippen LogP) is 1.94. The number of benzene rings is 2. The van der Waals surface area contributed by atoms with E-state index in [-0.39, 0.29) is 17.0 Å². The summed E-state index contributed by atoms with van der Waals surface area (Å²) >= 11 is 0. The van der Waals surface area contributed by atoms with Crippen LogP contribution < -0.4 is 10.1 Å². The summed E-state index contributed by atoms with van der Waals surface area (Å²) in [6.45, 7) is 1.02. The summed E-state index contributed by atoms with van der Waals surface area (Å²) in [4.78, 5) is 12.5. The molecule has 28 heavy (non-hydrogen) atoms. The zero-order chi connectivity index (χ0) is 20.1. The molecule has 0 aromatic heterocycles. The summed E-state index contributed by atoms with van der Waals surface area (Å²) in [6.07, 6.45) is 0.817. The summed E-state index contributed by atoms with van der Waals surface area (Å²) in [5.41, 5.74) is 0.883. The quantitative estimate of drug-likeness (QED) is 0.735. The van der Waals surface area contributed by atoms with Crippen LogP contribution in [0, 0.1) is 0 Å². The molecule has 150 valence electrons. The maximum atomic E-state index is 12.7. The number of carbonyl (C=O) groups excluding carboxylic acids is 1. The van der Waals surface area contributed by atoms with Gasteiger partial charge in [-0.15, -0.1) is 0 Å². The van der Waals surface area contributed by atoms with Crippen molar-refractivity contribution in [3.63, 3.8) is 0 Å². The lowest BCUT2D eigenvalue weighted by atomic mass is 10.1. The van der Waals surface area contributed by atoms with Crippen LogP contribution in [0.3, 0.4) is 0 Å². The fourth-order valence-corrected chi connectivity index (χ4v) is 4.67. The van der Waals surface area contributed by atoms with E-state index in [0.717, 1.165) is 12.8 Å². The Morgan fingerprint density at radius 1 is 1.18 bits per heavy atom. The molecule has 2 aromatic carbocycles. The first-order chi connectivity index (χ1) is 13.4. The molecule has 2 aromatic rings. The van der Waals surface area contributed by atoms with Crippen LogP contribution >= 0.6 is 0 Å². The van der Waals surface area contributed by atoms with E-state index in [2.05, 4.69) is 5.32 Å². The summed E-state index contributed by atoms with van der Waals surface area (Å²) in [5.74, 6) is 0.238. The minimum atomic E-state index is -3.58. The molecular weight excluding hydrogens is 380 g/mol. The first-order valence-electron chi connectivity index (χ1n) is 9.12. The summed E-state index contributed by atoms with van der Waals surface area (Å²) in [6, 6.07) is 12.9. The van der Waals surface area contributed by atoms with E-state index in [4.69, 9.17) is 4.74 Å². The fourth-order valence-electron chi connectivity index (χ4n) is 3.11. The Hall–Kier alpha value is -2.42. The van der Waals surface area contributed by atoms with Crippen LogP contribution in [0.25, 0.3) is 0 Å². The van der Waals surface area contributed by atoms with Crippen LogP contribution in [0.15, 0.2) is 53.4 Å². The third kappa shape index (κ3) is 4.52. The maximum Gasteiger partial charge on any atom is 0.251 e. The largest absolute Gasteiger partial charge is 0.497 e. The normalized spacial score (nSPS) is 15.9. The first kappa shape index (κ1) is 20.3. The maximum absolute atomic E-state index is 12.7. The highest BCUT2D eigenvalue weighted by molar-refractivity contribution is 7.89. The topological polar surface area (TPSA) is 95.9 Å². The second-order valence-corrected chi connectivity index (χ2v) is 8.58. The van der Waals surface area contributed by atoms with Gasteiger partial charge < -0.3 is 15.2 Å². The average molecular weight is 404 g/mol. The van der Waals surface area contributed by atoms with Gasteiger partial charge in [-0.25, -0.2) is 8.42 Å². The summed E-state index contributed by atoms with van der Waals surface area (Å²) in [5, 5.41) is 12.9. The SMILES string of the molecule is COc1ccc(C(O)CNC(=O)c2cccc(S(=O)(=O)N3CCCC3)c2)cc1. The van der Waals surface area contributed by atoms with Gasteiger partial charge in [0.1, 0.15) is 5.75 Å². The highest BCUT2D eigenvalue weighted by atomic mass is 32.2. The number of hydrogen-bond acceptors (Lipinski definition) is 5. The Labute approximate surface area is 165 Å². The van der Waals surface area contributed by atoms with Gasteiger partial charge in [-0.3, -0.25) is 4.79 Å². The molecule has 0 bridgehead atoms. The summed E-state index contributed by atoms with van der Waals surface area (Å²) in [7, 11) is -2.02.